The van der Waals surface area contributed by atoms with Crippen LogP contribution in [0.2, 0.25) is 0 Å². The van der Waals surface area contributed by atoms with Crippen molar-refractivity contribution in [1.82, 2.24) is 0 Å². The summed E-state index contributed by atoms with van der Waals surface area (Å²) in [6.07, 6.45) is 9.72. The van der Waals surface area contributed by atoms with Gasteiger partial charge in [0.2, 0.25) is 0 Å². The average molecular weight is 231 g/mol. The number of terminal acetylenes is 1. The molecule has 0 aliphatic heterocycles. The van der Waals surface area contributed by atoms with E-state index in [0.717, 1.165) is 12.8 Å². The van der Waals surface area contributed by atoms with Gasteiger partial charge in [-0.1, -0.05) is 36.7 Å². The predicted molar refractivity (Wildman–Crippen MR) is 59.5 cm³/mol. The number of hydrogen-bond acceptors (Lipinski definition) is 0. The van der Waals surface area contributed by atoms with Gasteiger partial charge >= 0.3 is 0 Å². The standard InChI is InChI=1S/C11H19Br/c1-5-6-7-8-11(3,4)9-10(2)12/h1,10H,6-9H2,2-4H3. The average Bonchev–Trinajstić information content (AvgIpc) is 1.84. The highest BCUT2D eigenvalue weighted by molar-refractivity contribution is 9.09. The van der Waals surface area contributed by atoms with Crippen molar-refractivity contribution in [2.45, 2.75) is 51.3 Å². The molecule has 0 aromatic rings. The summed E-state index contributed by atoms with van der Waals surface area (Å²) in [5.74, 6) is 2.68. The Balaban J connectivity index is 3.65. The monoisotopic (exact) mass is 230 g/mol. The topological polar surface area (TPSA) is 0 Å². The van der Waals surface area contributed by atoms with Gasteiger partial charge in [-0.3, -0.25) is 0 Å². The summed E-state index contributed by atoms with van der Waals surface area (Å²) in [5.41, 5.74) is 0.430. The molecule has 0 fully saturated rings. The number of rotatable bonds is 5. The number of alkyl halides is 1. The van der Waals surface area contributed by atoms with Gasteiger partial charge in [0.1, 0.15) is 0 Å². The zero-order valence-corrected chi connectivity index (χ0v) is 9.95. The fourth-order valence-corrected chi connectivity index (χ4v) is 2.41. The zero-order valence-electron chi connectivity index (χ0n) is 8.36. The first kappa shape index (κ1) is 12.0. The first-order chi connectivity index (χ1) is 5.48. The molecule has 0 saturated carbocycles. The fraction of sp³-hybridized carbons (Fsp3) is 0.818. The maximum absolute atomic E-state index is 5.20. The molecule has 1 unspecified atom stereocenters. The van der Waals surface area contributed by atoms with E-state index in [1.807, 2.05) is 0 Å². The van der Waals surface area contributed by atoms with Crippen LogP contribution in [0.1, 0.15) is 46.5 Å². The van der Waals surface area contributed by atoms with Gasteiger partial charge in [-0.25, -0.2) is 0 Å². The minimum absolute atomic E-state index is 0.430. The first-order valence-electron chi connectivity index (χ1n) is 4.55. The summed E-state index contributed by atoms with van der Waals surface area (Å²) in [6, 6.07) is 0. The molecule has 1 atom stereocenters. The normalized spacial score (nSPS) is 13.9. The molecule has 1 heteroatoms. The van der Waals surface area contributed by atoms with Gasteiger partial charge in [-0.05, 0) is 24.7 Å². The van der Waals surface area contributed by atoms with Crippen molar-refractivity contribution in [3.8, 4) is 12.3 Å². The zero-order chi connectivity index (χ0) is 9.61. The van der Waals surface area contributed by atoms with Crippen LogP contribution in [-0.4, -0.2) is 4.83 Å². The Hall–Kier alpha value is 0.0400. The van der Waals surface area contributed by atoms with E-state index in [2.05, 4.69) is 42.6 Å². The largest absolute Gasteiger partial charge is 0.120 e. The molecular formula is C11H19Br. The maximum atomic E-state index is 5.20. The second kappa shape index (κ2) is 5.65. The number of hydrogen-bond donors (Lipinski definition) is 0. The Morgan fingerprint density at radius 1 is 1.50 bits per heavy atom. The molecule has 0 rings (SSSR count). The Morgan fingerprint density at radius 2 is 2.08 bits per heavy atom. The van der Waals surface area contributed by atoms with E-state index in [1.165, 1.54) is 12.8 Å². The van der Waals surface area contributed by atoms with Crippen LogP contribution in [0.5, 0.6) is 0 Å². The Morgan fingerprint density at radius 3 is 2.50 bits per heavy atom. The predicted octanol–water partition coefficient (Wildman–Crippen LogP) is 3.99. The molecule has 70 valence electrons. The summed E-state index contributed by atoms with van der Waals surface area (Å²) >= 11 is 3.58. The quantitative estimate of drug-likeness (QED) is 0.381. The van der Waals surface area contributed by atoms with Gasteiger partial charge in [0.05, 0.1) is 0 Å². The minimum Gasteiger partial charge on any atom is -0.120 e. The van der Waals surface area contributed by atoms with Crippen molar-refractivity contribution in [2.24, 2.45) is 5.41 Å². The van der Waals surface area contributed by atoms with Crippen LogP contribution in [0.3, 0.4) is 0 Å². The minimum atomic E-state index is 0.430. The van der Waals surface area contributed by atoms with Crippen molar-refractivity contribution in [2.75, 3.05) is 0 Å². The first-order valence-corrected chi connectivity index (χ1v) is 5.47. The third-order valence-corrected chi connectivity index (χ3v) is 2.33. The fourth-order valence-electron chi connectivity index (χ4n) is 1.53. The van der Waals surface area contributed by atoms with E-state index in [0.29, 0.717) is 10.2 Å². The lowest BCUT2D eigenvalue weighted by Crippen LogP contribution is -2.15. The summed E-state index contributed by atoms with van der Waals surface area (Å²) in [4.78, 5) is 0.610. The summed E-state index contributed by atoms with van der Waals surface area (Å²) in [7, 11) is 0. The summed E-state index contributed by atoms with van der Waals surface area (Å²) < 4.78 is 0. The van der Waals surface area contributed by atoms with Crippen LogP contribution in [0.4, 0.5) is 0 Å². The molecule has 0 bridgehead atoms. The van der Waals surface area contributed by atoms with E-state index in [4.69, 9.17) is 6.42 Å². The molecule has 0 nitrogen and oxygen atoms in total. The summed E-state index contributed by atoms with van der Waals surface area (Å²) in [5, 5.41) is 0. The van der Waals surface area contributed by atoms with Gasteiger partial charge < -0.3 is 0 Å². The second-order valence-corrected chi connectivity index (χ2v) is 5.77. The lowest BCUT2D eigenvalue weighted by atomic mass is 9.83. The van der Waals surface area contributed by atoms with Crippen molar-refractivity contribution >= 4 is 15.9 Å². The number of halogens is 1. The van der Waals surface area contributed by atoms with E-state index in [9.17, 15) is 0 Å². The highest BCUT2D eigenvalue weighted by atomic mass is 79.9. The van der Waals surface area contributed by atoms with Crippen molar-refractivity contribution < 1.29 is 0 Å². The van der Waals surface area contributed by atoms with E-state index in [-0.39, 0.29) is 0 Å². The van der Waals surface area contributed by atoms with E-state index in [1.54, 1.807) is 0 Å². The lowest BCUT2D eigenvalue weighted by Gasteiger charge is -2.25. The third kappa shape index (κ3) is 6.73. The molecular weight excluding hydrogens is 212 g/mol. The lowest BCUT2D eigenvalue weighted by molar-refractivity contribution is 0.303. The van der Waals surface area contributed by atoms with E-state index >= 15 is 0 Å². The van der Waals surface area contributed by atoms with Crippen LogP contribution >= 0.6 is 15.9 Å². The van der Waals surface area contributed by atoms with E-state index < -0.39 is 0 Å². The van der Waals surface area contributed by atoms with Gasteiger partial charge in [-0.15, -0.1) is 12.3 Å². The molecule has 0 N–H and O–H groups in total. The van der Waals surface area contributed by atoms with Gasteiger partial charge in [0, 0.05) is 11.2 Å². The molecule has 0 spiro atoms. The Bertz CT molecular complexity index is 151. The highest BCUT2D eigenvalue weighted by Crippen LogP contribution is 2.30. The van der Waals surface area contributed by atoms with Gasteiger partial charge in [0.15, 0.2) is 0 Å². The van der Waals surface area contributed by atoms with Crippen LogP contribution in [-0.2, 0) is 0 Å². The van der Waals surface area contributed by atoms with Crippen LogP contribution in [0.15, 0.2) is 0 Å². The molecule has 0 aromatic carbocycles. The van der Waals surface area contributed by atoms with Crippen LogP contribution < -0.4 is 0 Å². The Labute approximate surface area is 85.3 Å². The molecule has 0 saturated heterocycles. The van der Waals surface area contributed by atoms with Crippen molar-refractivity contribution in [1.29, 1.82) is 0 Å². The Kier molecular flexibility index (Phi) is 5.66. The molecule has 0 radical (unpaired) electrons. The molecule has 0 heterocycles. The maximum Gasteiger partial charge on any atom is 0.0122 e. The SMILES string of the molecule is C#CCCCC(C)(C)CC(C)Br. The third-order valence-electron chi connectivity index (χ3n) is 2.01. The van der Waals surface area contributed by atoms with Crippen molar-refractivity contribution in [3.63, 3.8) is 0 Å². The highest BCUT2D eigenvalue weighted by Gasteiger charge is 2.18. The second-order valence-electron chi connectivity index (χ2n) is 4.21. The molecule has 0 aromatic heterocycles. The summed E-state index contributed by atoms with van der Waals surface area (Å²) in [6.45, 7) is 6.81. The van der Waals surface area contributed by atoms with Crippen LogP contribution in [0.25, 0.3) is 0 Å². The molecule has 0 amide bonds. The smallest absolute Gasteiger partial charge is 0.0122 e. The molecule has 0 aliphatic rings. The van der Waals surface area contributed by atoms with Crippen LogP contribution in [0, 0.1) is 17.8 Å². The molecule has 0 aliphatic carbocycles. The molecule has 12 heavy (non-hydrogen) atoms. The van der Waals surface area contributed by atoms with Gasteiger partial charge in [0.25, 0.3) is 0 Å². The number of unbranched alkanes of at least 4 members (excludes halogenated alkanes) is 1. The van der Waals surface area contributed by atoms with Gasteiger partial charge in [-0.2, -0.15) is 0 Å². The van der Waals surface area contributed by atoms with Crippen molar-refractivity contribution in [3.05, 3.63) is 0 Å².